The van der Waals surface area contributed by atoms with Crippen LogP contribution in [0.5, 0.6) is 0 Å². The number of hydrogen-bond acceptors (Lipinski definition) is 2. The number of carbonyl (C=O) groups excluding carboxylic acids is 1. The zero-order valence-corrected chi connectivity index (χ0v) is 7.41. The van der Waals surface area contributed by atoms with E-state index in [0.717, 1.165) is 0 Å². The summed E-state index contributed by atoms with van der Waals surface area (Å²) < 4.78 is 38.5. The third-order valence-electron chi connectivity index (χ3n) is 0.916. The van der Waals surface area contributed by atoms with Crippen LogP contribution in [0.25, 0.3) is 0 Å². The van der Waals surface area contributed by atoms with Crippen molar-refractivity contribution in [2.24, 2.45) is 0 Å². The molecule has 0 aromatic heterocycles. The van der Waals surface area contributed by atoms with Crippen molar-refractivity contribution in [1.82, 2.24) is 5.32 Å². The summed E-state index contributed by atoms with van der Waals surface area (Å²) in [5.74, 6) is -0.393. The number of amides is 1. The molecule has 0 heterocycles. The molecule has 1 amide bonds. The van der Waals surface area contributed by atoms with Gasteiger partial charge in [0.1, 0.15) is 13.2 Å². The molecule has 1 N–H and O–H groups in total. The molecule has 0 aliphatic carbocycles. The fourth-order valence-corrected chi connectivity index (χ4v) is 0.592. The molecule has 7 heteroatoms. The zero-order valence-electron chi connectivity index (χ0n) is 6.66. The average Bonchev–Trinajstić information content (AvgIpc) is 1.98. The summed E-state index contributed by atoms with van der Waals surface area (Å²) in [6.45, 7) is -1.80. The van der Waals surface area contributed by atoms with E-state index in [9.17, 15) is 18.0 Å². The van der Waals surface area contributed by atoms with Crippen LogP contribution >= 0.6 is 11.6 Å². The van der Waals surface area contributed by atoms with Crippen LogP contribution in [-0.2, 0) is 9.53 Å². The molecule has 0 aliphatic heterocycles. The van der Waals surface area contributed by atoms with Crippen LogP contribution in [0.3, 0.4) is 0 Å². The first-order chi connectivity index (χ1) is 5.95. The van der Waals surface area contributed by atoms with Crippen molar-refractivity contribution in [3.8, 4) is 0 Å². The van der Waals surface area contributed by atoms with Gasteiger partial charge in [0.25, 0.3) is 0 Å². The molecule has 0 bridgehead atoms. The van der Waals surface area contributed by atoms with Gasteiger partial charge in [0.2, 0.25) is 5.91 Å². The number of hydrogen-bond donors (Lipinski definition) is 1. The molecule has 0 saturated carbocycles. The second kappa shape index (κ2) is 6.04. The Labute approximate surface area is 78.2 Å². The molecule has 78 valence electrons. The Morgan fingerprint density at radius 2 is 2.08 bits per heavy atom. The number of nitrogens with one attached hydrogen (secondary N) is 1. The van der Waals surface area contributed by atoms with Gasteiger partial charge in [-0.1, -0.05) is 0 Å². The molecule has 0 rings (SSSR count). The maximum absolute atomic E-state index is 11.5. The number of carbonyl (C=O) groups is 1. The summed E-state index contributed by atoms with van der Waals surface area (Å²) >= 11 is 5.22. The maximum atomic E-state index is 11.5. The summed E-state index contributed by atoms with van der Waals surface area (Å²) in [7, 11) is 0. The molecule has 0 spiro atoms. The number of rotatable bonds is 5. The Kier molecular flexibility index (Phi) is 5.81. The summed E-state index contributed by atoms with van der Waals surface area (Å²) in [6, 6.07) is 0. The highest BCUT2D eigenvalue weighted by Gasteiger charge is 2.27. The number of alkyl halides is 4. The fraction of sp³-hybridized carbons (Fsp3) is 0.833. The highest BCUT2D eigenvalue weighted by Crippen LogP contribution is 2.13. The second-order valence-corrected chi connectivity index (χ2v) is 2.52. The van der Waals surface area contributed by atoms with Crippen molar-refractivity contribution in [2.75, 3.05) is 25.6 Å². The molecule has 0 aromatic carbocycles. The fourth-order valence-electron chi connectivity index (χ4n) is 0.497. The van der Waals surface area contributed by atoms with Gasteiger partial charge in [0, 0.05) is 12.4 Å². The van der Waals surface area contributed by atoms with Crippen molar-refractivity contribution >= 4 is 17.5 Å². The molecular weight excluding hydrogens is 211 g/mol. The standard InChI is InChI=1S/C6H9ClF3NO2/c7-1-2-11-5(12)3-13-4-6(8,9)10/h1-4H2,(H,11,12). The van der Waals surface area contributed by atoms with Gasteiger partial charge >= 0.3 is 6.18 Å². The summed E-state index contributed by atoms with van der Waals surface area (Å²) in [5.41, 5.74) is 0. The van der Waals surface area contributed by atoms with Crippen molar-refractivity contribution in [1.29, 1.82) is 0 Å². The average molecular weight is 220 g/mol. The first-order valence-electron chi connectivity index (χ1n) is 3.43. The van der Waals surface area contributed by atoms with Crippen molar-refractivity contribution in [3.05, 3.63) is 0 Å². The van der Waals surface area contributed by atoms with Crippen LogP contribution in [0.4, 0.5) is 13.2 Å². The predicted octanol–water partition coefficient (Wildman–Crippen LogP) is 0.920. The first kappa shape index (κ1) is 12.5. The van der Waals surface area contributed by atoms with Gasteiger partial charge in [-0.2, -0.15) is 13.2 Å². The minimum absolute atomic E-state index is 0.213. The van der Waals surface area contributed by atoms with E-state index in [0.29, 0.717) is 0 Å². The van der Waals surface area contributed by atoms with Crippen LogP contribution in [0.1, 0.15) is 0 Å². The molecule has 0 fully saturated rings. The first-order valence-corrected chi connectivity index (χ1v) is 3.96. The highest BCUT2D eigenvalue weighted by atomic mass is 35.5. The van der Waals surface area contributed by atoms with E-state index < -0.39 is 25.3 Å². The van der Waals surface area contributed by atoms with Crippen LogP contribution in [0, 0.1) is 0 Å². The van der Waals surface area contributed by atoms with E-state index >= 15 is 0 Å². The third kappa shape index (κ3) is 9.42. The van der Waals surface area contributed by atoms with Gasteiger partial charge in [-0.3, -0.25) is 4.79 Å². The predicted molar refractivity (Wildman–Crippen MR) is 40.6 cm³/mol. The lowest BCUT2D eigenvalue weighted by molar-refractivity contribution is -0.175. The van der Waals surface area contributed by atoms with Crippen LogP contribution in [0.2, 0.25) is 0 Å². The maximum Gasteiger partial charge on any atom is 0.411 e. The van der Waals surface area contributed by atoms with E-state index in [2.05, 4.69) is 10.1 Å². The Morgan fingerprint density at radius 1 is 1.46 bits per heavy atom. The quantitative estimate of drug-likeness (QED) is 0.699. The zero-order chi connectivity index (χ0) is 10.3. The minimum Gasteiger partial charge on any atom is -0.362 e. The Morgan fingerprint density at radius 3 is 2.54 bits per heavy atom. The lowest BCUT2D eigenvalue weighted by atomic mass is 10.6. The van der Waals surface area contributed by atoms with Gasteiger partial charge in [-0.25, -0.2) is 0 Å². The summed E-state index contributed by atoms with van der Waals surface area (Å²) in [4.78, 5) is 10.6. The molecule has 0 atom stereocenters. The summed E-state index contributed by atoms with van der Waals surface area (Å²) in [5, 5.41) is 2.26. The smallest absolute Gasteiger partial charge is 0.362 e. The molecule has 0 unspecified atom stereocenters. The molecule has 0 radical (unpaired) electrons. The normalized spacial score (nSPS) is 11.4. The van der Waals surface area contributed by atoms with Crippen molar-refractivity contribution < 1.29 is 22.7 Å². The minimum atomic E-state index is -4.40. The molecule has 3 nitrogen and oxygen atoms in total. The second-order valence-electron chi connectivity index (χ2n) is 2.15. The molecule has 0 saturated heterocycles. The molecular formula is C6H9ClF3NO2. The third-order valence-corrected chi connectivity index (χ3v) is 1.10. The van der Waals surface area contributed by atoms with Gasteiger partial charge in [0.15, 0.2) is 0 Å². The Bertz CT molecular complexity index is 162. The van der Waals surface area contributed by atoms with Crippen LogP contribution in [0.15, 0.2) is 0 Å². The van der Waals surface area contributed by atoms with Crippen LogP contribution < -0.4 is 5.32 Å². The van der Waals surface area contributed by atoms with Gasteiger partial charge in [0.05, 0.1) is 0 Å². The lowest BCUT2D eigenvalue weighted by Gasteiger charge is -2.07. The van der Waals surface area contributed by atoms with Crippen molar-refractivity contribution in [3.63, 3.8) is 0 Å². The number of halogens is 4. The highest BCUT2D eigenvalue weighted by molar-refractivity contribution is 6.18. The summed E-state index contributed by atoms with van der Waals surface area (Å²) in [6.07, 6.45) is -4.40. The SMILES string of the molecule is O=C(COCC(F)(F)F)NCCCl. The van der Waals surface area contributed by atoms with E-state index in [4.69, 9.17) is 11.6 Å². The molecule has 0 aromatic rings. The monoisotopic (exact) mass is 219 g/mol. The van der Waals surface area contributed by atoms with E-state index in [-0.39, 0.29) is 12.4 Å². The molecule has 13 heavy (non-hydrogen) atoms. The lowest BCUT2D eigenvalue weighted by Crippen LogP contribution is -2.31. The topological polar surface area (TPSA) is 38.3 Å². The van der Waals surface area contributed by atoms with E-state index in [1.54, 1.807) is 0 Å². The number of ether oxygens (including phenoxy) is 1. The van der Waals surface area contributed by atoms with Crippen LogP contribution in [-0.4, -0.2) is 37.7 Å². The molecule has 0 aliphatic rings. The Hall–Kier alpha value is -0.490. The van der Waals surface area contributed by atoms with Gasteiger partial charge < -0.3 is 10.1 Å². The van der Waals surface area contributed by atoms with Crippen molar-refractivity contribution in [2.45, 2.75) is 6.18 Å². The van der Waals surface area contributed by atoms with E-state index in [1.807, 2.05) is 0 Å². The Balaban J connectivity index is 3.37. The van der Waals surface area contributed by atoms with Gasteiger partial charge in [-0.05, 0) is 0 Å². The largest absolute Gasteiger partial charge is 0.411 e. The van der Waals surface area contributed by atoms with Gasteiger partial charge in [-0.15, -0.1) is 11.6 Å². The van der Waals surface area contributed by atoms with E-state index in [1.165, 1.54) is 0 Å².